The molecule has 5 aromatic rings. The molecule has 1 fully saturated rings. The highest BCUT2D eigenvalue weighted by Gasteiger charge is 2.39. The van der Waals surface area contributed by atoms with Crippen LogP contribution in [0.25, 0.3) is 27.5 Å². The third-order valence-electron chi connectivity index (χ3n) is 8.03. The Morgan fingerprint density at radius 1 is 0.765 bits per heavy atom. The van der Waals surface area contributed by atoms with E-state index in [0.29, 0.717) is 12.2 Å². The predicted molar refractivity (Wildman–Crippen MR) is 142 cm³/mol. The molecule has 3 aliphatic rings. The molecule has 1 aromatic heterocycles. The largest absolute Gasteiger partial charge is 0.349 e. The summed E-state index contributed by atoms with van der Waals surface area (Å²) in [6, 6.07) is 33.9. The number of nitrogens with zero attached hydrogens (tertiary/aromatic N) is 3. The standard InChI is InChI=1S/C31H29N3/c1-21-18-31-27(26-14-8-9-15-28(26)34(31)24-11-4-3-5-12-24)19-30(21)33-22(2)32-17-16-29(33)25-13-7-6-10-23(25)20-32/h3-15,18-19,22,29H,16-17,20H2,1-2H3. The van der Waals surface area contributed by atoms with E-state index in [1.807, 2.05) is 0 Å². The minimum Gasteiger partial charge on any atom is -0.349 e. The lowest BCUT2D eigenvalue weighted by atomic mass is 9.95. The van der Waals surface area contributed by atoms with Gasteiger partial charge in [0.2, 0.25) is 0 Å². The molecule has 8 rings (SSSR count). The second-order valence-corrected chi connectivity index (χ2v) is 9.86. The molecule has 0 spiro atoms. The van der Waals surface area contributed by atoms with Crippen LogP contribution in [-0.4, -0.2) is 22.2 Å². The molecule has 3 heteroatoms. The summed E-state index contributed by atoms with van der Waals surface area (Å²) in [5, 5.41) is 2.65. The smallest absolute Gasteiger partial charge is 0.0801 e. The van der Waals surface area contributed by atoms with Crippen molar-refractivity contribution in [1.29, 1.82) is 0 Å². The molecule has 0 N–H and O–H groups in total. The van der Waals surface area contributed by atoms with Crippen LogP contribution in [0.5, 0.6) is 0 Å². The van der Waals surface area contributed by atoms with Crippen molar-refractivity contribution in [3.8, 4) is 5.69 Å². The Labute approximate surface area is 200 Å². The van der Waals surface area contributed by atoms with Crippen LogP contribution >= 0.6 is 0 Å². The number of hydrogen-bond donors (Lipinski definition) is 0. The molecule has 168 valence electrons. The molecule has 3 aliphatic heterocycles. The maximum absolute atomic E-state index is 2.69. The molecular formula is C31H29N3. The van der Waals surface area contributed by atoms with Crippen LogP contribution in [0.1, 0.15) is 36.1 Å². The summed E-state index contributed by atoms with van der Waals surface area (Å²) < 4.78 is 2.41. The van der Waals surface area contributed by atoms with Crippen molar-refractivity contribution in [1.82, 2.24) is 9.47 Å². The number of benzene rings is 4. The topological polar surface area (TPSA) is 11.4 Å². The molecule has 3 atom stereocenters. The van der Waals surface area contributed by atoms with Gasteiger partial charge >= 0.3 is 0 Å². The fourth-order valence-electron chi connectivity index (χ4n) is 6.40. The molecule has 34 heavy (non-hydrogen) atoms. The Hall–Kier alpha value is -3.56. The van der Waals surface area contributed by atoms with E-state index in [4.69, 9.17) is 0 Å². The van der Waals surface area contributed by atoms with Gasteiger partial charge in [0.15, 0.2) is 0 Å². The lowest BCUT2D eigenvalue weighted by Crippen LogP contribution is -2.51. The minimum atomic E-state index is 0.366. The Bertz CT molecular complexity index is 1530. The van der Waals surface area contributed by atoms with Crippen molar-refractivity contribution in [3.05, 3.63) is 108 Å². The van der Waals surface area contributed by atoms with Crippen LogP contribution in [0.4, 0.5) is 5.69 Å². The van der Waals surface area contributed by atoms with Crippen LogP contribution in [0.2, 0.25) is 0 Å². The number of fused-ring (bicyclic) bond motifs is 5. The van der Waals surface area contributed by atoms with Gasteiger partial charge in [-0.05, 0) is 67.3 Å². The minimum absolute atomic E-state index is 0.366. The highest BCUT2D eigenvalue weighted by molar-refractivity contribution is 6.10. The molecule has 0 saturated carbocycles. The number of hydrogen-bond acceptors (Lipinski definition) is 2. The van der Waals surface area contributed by atoms with Gasteiger partial charge < -0.3 is 9.47 Å². The molecule has 0 aliphatic carbocycles. The van der Waals surface area contributed by atoms with Crippen LogP contribution in [0.3, 0.4) is 0 Å². The number of anilines is 1. The first-order valence-corrected chi connectivity index (χ1v) is 12.4. The van der Waals surface area contributed by atoms with Crippen LogP contribution < -0.4 is 4.90 Å². The monoisotopic (exact) mass is 443 g/mol. The number of para-hydroxylation sites is 2. The number of aromatic nitrogens is 1. The average molecular weight is 444 g/mol. The average Bonchev–Trinajstić information content (AvgIpc) is 2.99. The molecule has 0 radical (unpaired) electrons. The van der Waals surface area contributed by atoms with Crippen LogP contribution in [0, 0.1) is 6.92 Å². The number of rotatable bonds is 2. The van der Waals surface area contributed by atoms with E-state index < -0.39 is 0 Å². The second kappa shape index (κ2) is 7.48. The maximum atomic E-state index is 2.69. The fraction of sp³-hybridized carbons (Fsp3) is 0.226. The van der Waals surface area contributed by atoms with Crippen molar-refractivity contribution in [3.63, 3.8) is 0 Å². The van der Waals surface area contributed by atoms with Gasteiger partial charge in [-0.3, -0.25) is 4.90 Å². The Morgan fingerprint density at radius 3 is 2.41 bits per heavy atom. The first-order valence-electron chi connectivity index (χ1n) is 12.4. The maximum Gasteiger partial charge on any atom is 0.0801 e. The molecular weight excluding hydrogens is 414 g/mol. The number of aryl methyl sites for hydroxylation is 1. The summed E-state index contributed by atoms with van der Waals surface area (Å²) in [5.41, 5.74) is 9.44. The van der Waals surface area contributed by atoms with Crippen molar-refractivity contribution in [2.24, 2.45) is 0 Å². The zero-order chi connectivity index (χ0) is 22.8. The van der Waals surface area contributed by atoms with Crippen molar-refractivity contribution < 1.29 is 0 Å². The van der Waals surface area contributed by atoms with Gasteiger partial charge in [-0.1, -0.05) is 60.7 Å². The molecule has 1 saturated heterocycles. The zero-order valence-electron chi connectivity index (χ0n) is 19.8. The summed E-state index contributed by atoms with van der Waals surface area (Å²) in [5.74, 6) is 0. The molecule has 4 heterocycles. The van der Waals surface area contributed by atoms with Gasteiger partial charge in [0.25, 0.3) is 0 Å². The normalized spacial score (nSPS) is 21.7. The van der Waals surface area contributed by atoms with E-state index in [2.05, 4.69) is 119 Å². The van der Waals surface area contributed by atoms with E-state index in [9.17, 15) is 0 Å². The van der Waals surface area contributed by atoms with Crippen LogP contribution in [-0.2, 0) is 6.54 Å². The summed E-state index contributed by atoms with van der Waals surface area (Å²) >= 11 is 0. The van der Waals surface area contributed by atoms with E-state index in [0.717, 1.165) is 13.1 Å². The second-order valence-electron chi connectivity index (χ2n) is 9.86. The van der Waals surface area contributed by atoms with Gasteiger partial charge in [0.05, 0.1) is 23.2 Å². The van der Waals surface area contributed by atoms with Crippen molar-refractivity contribution in [2.45, 2.75) is 39.0 Å². The summed E-state index contributed by atoms with van der Waals surface area (Å²) in [4.78, 5) is 5.33. The molecule has 0 amide bonds. The molecule has 2 bridgehead atoms. The fourth-order valence-corrected chi connectivity index (χ4v) is 6.40. The predicted octanol–water partition coefficient (Wildman–Crippen LogP) is 7.21. The van der Waals surface area contributed by atoms with E-state index >= 15 is 0 Å². The Balaban J connectivity index is 1.48. The van der Waals surface area contributed by atoms with Crippen LogP contribution in [0.15, 0.2) is 91.0 Å². The lowest BCUT2D eigenvalue weighted by Gasteiger charge is -2.46. The molecule has 3 nitrogen and oxygen atoms in total. The Kier molecular flexibility index (Phi) is 4.37. The van der Waals surface area contributed by atoms with Gasteiger partial charge in [-0.25, -0.2) is 0 Å². The zero-order valence-corrected chi connectivity index (χ0v) is 19.8. The van der Waals surface area contributed by atoms with E-state index in [1.54, 1.807) is 0 Å². The first kappa shape index (κ1) is 19.9. The highest BCUT2D eigenvalue weighted by Crippen LogP contribution is 2.45. The van der Waals surface area contributed by atoms with Crippen molar-refractivity contribution in [2.75, 3.05) is 11.4 Å². The molecule has 4 aromatic carbocycles. The SMILES string of the molecule is Cc1cc2c(cc1N1C3CCN(Cc4ccccc43)C1C)c1ccccc1n2-c1ccccc1. The third-order valence-corrected chi connectivity index (χ3v) is 8.03. The first-order chi connectivity index (χ1) is 16.7. The van der Waals surface area contributed by atoms with E-state index in [1.165, 1.54) is 56.3 Å². The van der Waals surface area contributed by atoms with Gasteiger partial charge in [-0.15, -0.1) is 0 Å². The van der Waals surface area contributed by atoms with Crippen molar-refractivity contribution >= 4 is 27.5 Å². The van der Waals surface area contributed by atoms with Gasteiger partial charge in [0.1, 0.15) is 0 Å². The third kappa shape index (κ3) is 2.80. The van der Waals surface area contributed by atoms with E-state index in [-0.39, 0.29) is 0 Å². The molecule has 3 unspecified atom stereocenters. The van der Waals surface area contributed by atoms with Gasteiger partial charge in [0, 0.05) is 35.2 Å². The summed E-state index contributed by atoms with van der Waals surface area (Å²) in [6.07, 6.45) is 1.54. The quantitative estimate of drug-likeness (QED) is 0.286. The lowest BCUT2D eigenvalue weighted by molar-refractivity contribution is 0.154. The summed E-state index contributed by atoms with van der Waals surface area (Å²) in [6.45, 7) is 6.87. The highest BCUT2D eigenvalue weighted by atomic mass is 15.4. The Morgan fingerprint density at radius 2 is 1.53 bits per heavy atom. The van der Waals surface area contributed by atoms with Gasteiger partial charge in [-0.2, -0.15) is 0 Å². The summed E-state index contributed by atoms with van der Waals surface area (Å²) in [7, 11) is 0.